The molecule has 0 aliphatic carbocycles. The van der Waals surface area contributed by atoms with Gasteiger partial charge >= 0.3 is 0 Å². The molecule has 25 heavy (non-hydrogen) atoms. The van der Waals surface area contributed by atoms with Crippen LogP contribution in [0.15, 0.2) is 34.7 Å². The average Bonchev–Trinajstić information content (AvgIpc) is 3.02. The second-order valence-electron chi connectivity index (χ2n) is 6.74. The molecule has 1 aliphatic heterocycles. The zero-order valence-electron chi connectivity index (χ0n) is 14.1. The first-order valence-electron chi connectivity index (χ1n) is 8.18. The van der Waals surface area contributed by atoms with Crippen LogP contribution in [0.3, 0.4) is 0 Å². The van der Waals surface area contributed by atoms with Crippen molar-refractivity contribution in [3.8, 4) is 11.3 Å². The van der Waals surface area contributed by atoms with E-state index in [1.165, 1.54) is 18.2 Å². The molecule has 0 N–H and O–H groups in total. The molecule has 1 aromatic carbocycles. The highest BCUT2D eigenvalue weighted by molar-refractivity contribution is 6.33. The smallest absolute Gasteiger partial charge is 0.289 e. The summed E-state index contributed by atoms with van der Waals surface area (Å²) >= 11 is 6.12. The Kier molecular flexibility index (Phi) is 4.81. The van der Waals surface area contributed by atoms with Crippen molar-refractivity contribution >= 4 is 23.2 Å². The summed E-state index contributed by atoms with van der Waals surface area (Å²) in [7, 11) is 0. The number of nitrogens with zero attached hydrogens (tertiary/aromatic N) is 2. The molecule has 1 amide bonds. The summed E-state index contributed by atoms with van der Waals surface area (Å²) in [4.78, 5) is 24.8. The number of halogens is 1. The Morgan fingerprint density at radius 1 is 1.24 bits per heavy atom. The van der Waals surface area contributed by atoms with E-state index in [1.807, 2.05) is 4.90 Å². The Morgan fingerprint density at radius 2 is 1.92 bits per heavy atom. The number of likely N-dealkylation sites (tertiary alicyclic amines) is 1. The van der Waals surface area contributed by atoms with Crippen LogP contribution in [-0.4, -0.2) is 28.8 Å². The van der Waals surface area contributed by atoms with Crippen molar-refractivity contribution in [1.82, 2.24) is 4.90 Å². The van der Waals surface area contributed by atoms with Crippen molar-refractivity contribution in [2.75, 3.05) is 13.1 Å². The van der Waals surface area contributed by atoms with Gasteiger partial charge in [0.25, 0.3) is 11.6 Å². The number of benzene rings is 1. The molecule has 7 heteroatoms. The lowest BCUT2D eigenvalue weighted by atomic mass is 9.92. The lowest BCUT2D eigenvalue weighted by Crippen LogP contribution is -2.42. The van der Waals surface area contributed by atoms with Gasteiger partial charge in [0.1, 0.15) is 5.76 Å². The molecule has 2 unspecified atom stereocenters. The number of nitro groups is 1. The molecular formula is C18H19ClN2O4. The van der Waals surface area contributed by atoms with Gasteiger partial charge in [-0.15, -0.1) is 0 Å². The third-order valence-corrected chi connectivity index (χ3v) is 4.71. The summed E-state index contributed by atoms with van der Waals surface area (Å²) in [6, 6.07) is 7.45. The summed E-state index contributed by atoms with van der Waals surface area (Å²) in [6.07, 6.45) is 1.12. The quantitative estimate of drug-likeness (QED) is 0.589. The molecule has 132 valence electrons. The molecular weight excluding hydrogens is 344 g/mol. The van der Waals surface area contributed by atoms with Crippen LogP contribution in [0.5, 0.6) is 0 Å². The van der Waals surface area contributed by atoms with Crippen LogP contribution in [0.2, 0.25) is 5.02 Å². The van der Waals surface area contributed by atoms with Crippen molar-refractivity contribution in [2.45, 2.75) is 20.3 Å². The Hall–Kier alpha value is -2.34. The number of nitro benzene ring substituents is 1. The average molecular weight is 363 g/mol. The van der Waals surface area contributed by atoms with Gasteiger partial charge in [0, 0.05) is 30.8 Å². The normalized spacial score (nSPS) is 20.5. The van der Waals surface area contributed by atoms with Crippen LogP contribution in [0.1, 0.15) is 30.8 Å². The van der Waals surface area contributed by atoms with E-state index in [2.05, 4.69) is 13.8 Å². The minimum atomic E-state index is -0.508. The Balaban J connectivity index is 1.83. The number of carbonyl (C=O) groups excluding carboxylic acids is 1. The fraction of sp³-hybridized carbons (Fsp3) is 0.389. The van der Waals surface area contributed by atoms with E-state index in [4.69, 9.17) is 16.0 Å². The first-order chi connectivity index (χ1) is 11.8. The van der Waals surface area contributed by atoms with Crippen LogP contribution in [0, 0.1) is 22.0 Å². The van der Waals surface area contributed by atoms with Crippen LogP contribution in [0.25, 0.3) is 11.3 Å². The first-order valence-corrected chi connectivity index (χ1v) is 8.56. The summed E-state index contributed by atoms with van der Waals surface area (Å²) < 4.78 is 5.69. The van der Waals surface area contributed by atoms with Gasteiger partial charge < -0.3 is 9.32 Å². The summed E-state index contributed by atoms with van der Waals surface area (Å²) in [6.45, 7) is 5.72. The van der Waals surface area contributed by atoms with Gasteiger partial charge in [-0.25, -0.2) is 0 Å². The molecule has 1 fully saturated rings. The van der Waals surface area contributed by atoms with E-state index in [-0.39, 0.29) is 22.4 Å². The molecule has 1 saturated heterocycles. The molecule has 0 saturated carbocycles. The number of hydrogen-bond acceptors (Lipinski definition) is 4. The third-order valence-electron chi connectivity index (χ3n) is 4.40. The van der Waals surface area contributed by atoms with E-state index in [0.717, 1.165) is 19.5 Å². The number of carbonyl (C=O) groups is 1. The molecule has 3 rings (SSSR count). The Morgan fingerprint density at radius 3 is 2.52 bits per heavy atom. The number of amides is 1. The molecule has 1 aliphatic rings. The molecule has 1 aromatic heterocycles. The number of hydrogen-bond donors (Lipinski definition) is 0. The number of furan rings is 1. The maximum absolute atomic E-state index is 12.7. The van der Waals surface area contributed by atoms with E-state index in [0.29, 0.717) is 23.2 Å². The van der Waals surface area contributed by atoms with E-state index in [1.54, 1.807) is 12.1 Å². The standard InChI is InChI=1S/C18H19ClN2O4/c1-11-7-12(2)10-20(9-11)18(22)17-6-5-16(25-17)14-4-3-13(21(23)24)8-15(14)19/h3-6,8,11-12H,7,9-10H2,1-2H3. The van der Waals surface area contributed by atoms with Crippen molar-refractivity contribution < 1.29 is 14.1 Å². The summed E-state index contributed by atoms with van der Waals surface area (Å²) in [5.74, 6) is 1.47. The largest absolute Gasteiger partial charge is 0.451 e. The SMILES string of the molecule is CC1CC(C)CN(C(=O)c2ccc(-c3ccc([N+](=O)[O-])cc3Cl)o2)C1. The second kappa shape index (κ2) is 6.88. The fourth-order valence-electron chi connectivity index (χ4n) is 3.40. The van der Waals surface area contributed by atoms with E-state index in [9.17, 15) is 14.9 Å². The summed E-state index contributed by atoms with van der Waals surface area (Å²) in [5, 5.41) is 11.0. The predicted molar refractivity (Wildman–Crippen MR) is 94.7 cm³/mol. The maximum Gasteiger partial charge on any atom is 0.289 e. The number of non-ortho nitro benzene ring substituents is 1. The first kappa shape index (κ1) is 17.5. The number of rotatable bonds is 3. The van der Waals surface area contributed by atoms with Gasteiger partial charge in [-0.05, 0) is 36.5 Å². The Bertz CT molecular complexity index is 807. The fourth-order valence-corrected chi connectivity index (χ4v) is 3.67. The number of piperidine rings is 1. The molecule has 0 radical (unpaired) electrons. The monoisotopic (exact) mass is 362 g/mol. The minimum Gasteiger partial charge on any atom is -0.451 e. The van der Waals surface area contributed by atoms with Gasteiger partial charge in [0.2, 0.25) is 0 Å². The second-order valence-corrected chi connectivity index (χ2v) is 7.15. The lowest BCUT2D eigenvalue weighted by molar-refractivity contribution is -0.384. The van der Waals surface area contributed by atoms with Gasteiger partial charge in [0.05, 0.1) is 9.95 Å². The highest BCUT2D eigenvalue weighted by Gasteiger charge is 2.28. The minimum absolute atomic E-state index is 0.0899. The lowest BCUT2D eigenvalue weighted by Gasteiger charge is -2.34. The highest BCUT2D eigenvalue weighted by atomic mass is 35.5. The molecule has 0 spiro atoms. The van der Waals surface area contributed by atoms with Crippen LogP contribution >= 0.6 is 11.6 Å². The molecule has 2 aromatic rings. The topological polar surface area (TPSA) is 76.6 Å². The van der Waals surface area contributed by atoms with E-state index < -0.39 is 4.92 Å². The highest BCUT2D eigenvalue weighted by Crippen LogP contribution is 2.33. The van der Waals surface area contributed by atoms with Gasteiger partial charge in [-0.2, -0.15) is 0 Å². The van der Waals surface area contributed by atoms with E-state index >= 15 is 0 Å². The van der Waals surface area contributed by atoms with Crippen molar-refractivity contribution in [3.63, 3.8) is 0 Å². The Labute approximate surface area is 150 Å². The molecule has 0 bridgehead atoms. The van der Waals surface area contributed by atoms with Crippen molar-refractivity contribution in [3.05, 3.63) is 51.2 Å². The zero-order valence-corrected chi connectivity index (χ0v) is 14.8. The van der Waals surface area contributed by atoms with Crippen molar-refractivity contribution in [1.29, 1.82) is 0 Å². The molecule has 2 heterocycles. The molecule has 6 nitrogen and oxygen atoms in total. The molecule has 2 atom stereocenters. The van der Waals surface area contributed by atoms with Gasteiger partial charge in [-0.3, -0.25) is 14.9 Å². The van der Waals surface area contributed by atoms with Crippen LogP contribution < -0.4 is 0 Å². The van der Waals surface area contributed by atoms with Crippen molar-refractivity contribution in [2.24, 2.45) is 11.8 Å². The third kappa shape index (κ3) is 3.69. The maximum atomic E-state index is 12.7. The van der Waals surface area contributed by atoms with Crippen LogP contribution in [-0.2, 0) is 0 Å². The predicted octanol–water partition coefficient (Wildman–Crippen LogP) is 4.63. The van der Waals surface area contributed by atoms with Gasteiger partial charge in [0.15, 0.2) is 5.76 Å². The summed E-state index contributed by atoms with van der Waals surface area (Å²) in [5.41, 5.74) is 0.430. The van der Waals surface area contributed by atoms with Crippen LogP contribution in [0.4, 0.5) is 5.69 Å². The zero-order chi connectivity index (χ0) is 18.1. The van der Waals surface area contributed by atoms with Gasteiger partial charge in [-0.1, -0.05) is 25.4 Å².